The lowest BCUT2D eigenvalue weighted by molar-refractivity contribution is 0.0389. The quantitative estimate of drug-likeness (QED) is 0.272. The van der Waals surface area contributed by atoms with Crippen molar-refractivity contribution in [2.75, 3.05) is 37.4 Å². The molecule has 3 N–H and O–H groups in total. The normalized spacial score (nSPS) is 17.9. The molecule has 44 heavy (non-hydrogen) atoms. The Morgan fingerprint density at radius 1 is 1.11 bits per heavy atom. The molecule has 1 aliphatic heterocycles. The summed E-state index contributed by atoms with van der Waals surface area (Å²) < 4.78 is 35.8. The van der Waals surface area contributed by atoms with Crippen LogP contribution in [0.4, 0.5) is 16.2 Å². The first-order valence-electron chi connectivity index (χ1n) is 14.2. The van der Waals surface area contributed by atoms with E-state index in [4.69, 9.17) is 4.74 Å². The molecule has 0 bridgehead atoms. The van der Waals surface area contributed by atoms with Gasteiger partial charge in [0.1, 0.15) is 6.10 Å². The van der Waals surface area contributed by atoms with Crippen molar-refractivity contribution in [1.29, 1.82) is 0 Å². The largest absolute Gasteiger partial charge is 0.486 e. The molecule has 1 aromatic heterocycles. The second-order valence-corrected chi connectivity index (χ2v) is 13.1. The fourth-order valence-electron chi connectivity index (χ4n) is 5.20. The van der Waals surface area contributed by atoms with E-state index in [1.54, 1.807) is 47.7 Å². The van der Waals surface area contributed by atoms with Crippen LogP contribution < -0.4 is 15.4 Å². The number of nitrogens with zero attached hydrogens (tertiary/aromatic N) is 4. The van der Waals surface area contributed by atoms with E-state index in [1.807, 2.05) is 43.3 Å². The Labute approximate surface area is 256 Å². The Bertz CT molecular complexity index is 1790. The summed E-state index contributed by atoms with van der Waals surface area (Å²) in [5.41, 5.74) is 1.02. The monoisotopic (exact) mass is 620 g/mol. The number of rotatable bonds is 8. The van der Waals surface area contributed by atoms with E-state index in [9.17, 15) is 23.1 Å². The van der Waals surface area contributed by atoms with Gasteiger partial charge in [0.15, 0.2) is 10.8 Å². The van der Waals surface area contributed by atoms with Gasteiger partial charge in [-0.3, -0.25) is 4.79 Å². The minimum absolute atomic E-state index is 0.0639. The second kappa shape index (κ2) is 12.6. The summed E-state index contributed by atoms with van der Waals surface area (Å²) in [7, 11) is -0.818. The molecular formula is C31H36N6O6S. The molecule has 12 nitrogen and oxygen atoms in total. The van der Waals surface area contributed by atoms with Gasteiger partial charge in [-0.05, 0) is 30.5 Å². The second-order valence-electron chi connectivity index (χ2n) is 11.1. The number of benzene rings is 3. The Hall–Kier alpha value is -4.46. The number of carbonyl (C=O) groups is 2. The molecule has 3 atom stereocenters. The van der Waals surface area contributed by atoms with Crippen molar-refractivity contribution in [2.45, 2.75) is 31.0 Å². The highest BCUT2D eigenvalue weighted by molar-refractivity contribution is 7.89. The number of para-hydroxylation sites is 1. The molecular weight excluding hydrogens is 584 g/mol. The highest BCUT2D eigenvalue weighted by Crippen LogP contribution is 2.35. The van der Waals surface area contributed by atoms with Crippen molar-refractivity contribution >= 4 is 44.1 Å². The number of aliphatic hydroxyl groups excluding tert-OH is 1. The summed E-state index contributed by atoms with van der Waals surface area (Å²) in [6.07, 6.45) is 2.10. The third-order valence-electron chi connectivity index (χ3n) is 7.77. The van der Waals surface area contributed by atoms with Gasteiger partial charge in [-0.2, -0.15) is 4.31 Å². The van der Waals surface area contributed by atoms with Gasteiger partial charge in [-0.1, -0.05) is 49.4 Å². The van der Waals surface area contributed by atoms with E-state index in [2.05, 4.69) is 15.6 Å². The molecule has 0 unspecified atom stereocenters. The first kappa shape index (κ1) is 31.0. The van der Waals surface area contributed by atoms with Crippen molar-refractivity contribution in [3.63, 3.8) is 0 Å². The zero-order valence-electron chi connectivity index (χ0n) is 25.0. The lowest BCUT2D eigenvalue weighted by Gasteiger charge is -2.38. The number of likely N-dealkylation sites (N-methyl/N-ethyl adjacent to an activating group) is 1. The molecule has 1 aliphatic rings. The van der Waals surface area contributed by atoms with Crippen LogP contribution in [-0.2, 0) is 17.1 Å². The number of hydrogen-bond acceptors (Lipinski definition) is 7. The lowest BCUT2D eigenvalue weighted by Crippen LogP contribution is -2.50. The number of hydrogen-bond donors (Lipinski definition) is 3. The summed E-state index contributed by atoms with van der Waals surface area (Å²) in [5.74, 6) is -0.625. The standard InChI is InChI=1S/C31H36N6O6S/c1-20-15-37(21(2)18-38)30(39)24-12-8-14-26(34-31(40)33-25-13-7-10-22-9-5-6-11-23(22)25)29(24)43-27(20)16-36(4)44(41,42)28-17-35(3)19-32-28/h5-14,17,19-21,27,38H,15-16,18H2,1-4H3,(H2,33,34,40)/t20-,21+,27+/m1/s1. The number of anilines is 2. The van der Waals surface area contributed by atoms with Crippen LogP contribution in [0.3, 0.4) is 0 Å². The summed E-state index contributed by atoms with van der Waals surface area (Å²) in [5, 5.41) is 17.4. The van der Waals surface area contributed by atoms with Gasteiger partial charge in [0, 0.05) is 38.1 Å². The number of nitrogens with one attached hydrogen (secondary N) is 2. The predicted molar refractivity (Wildman–Crippen MR) is 167 cm³/mol. The molecule has 0 spiro atoms. The molecule has 5 rings (SSSR count). The van der Waals surface area contributed by atoms with E-state index in [0.29, 0.717) is 5.69 Å². The minimum Gasteiger partial charge on any atom is -0.486 e. The summed E-state index contributed by atoms with van der Waals surface area (Å²) >= 11 is 0. The van der Waals surface area contributed by atoms with Gasteiger partial charge in [0.05, 0.1) is 42.5 Å². The van der Waals surface area contributed by atoms with Crippen LogP contribution in [0, 0.1) is 5.92 Å². The number of sulfonamides is 1. The van der Waals surface area contributed by atoms with E-state index >= 15 is 0 Å². The number of amides is 3. The molecule has 3 amide bonds. The zero-order chi connectivity index (χ0) is 31.6. The molecule has 0 saturated heterocycles. The number of aliphatic hydroxyl groups is 1. The maximum absolute atomic E-state index is 13.8. The number of fused-ring (bicyclic) bond motifs is 2. The number of carbonyl (C=O) groups excluding carboxylic acids is 2. The van der Waals surface area contributed by atoms with Gasteiger partial charge in [-0.15, -0.1) is 0 Å². The van der Waals surface area contributed by atoms with Crippen molar-refractivity contribution in [3.05, 3.63) is 78.8 Å². The van der Waals surface area contributed by atoms with Crippen LogP contribution in [0.25, 0.3) is 10.8 Å². The predicted octanol–water partition coefficient (Wildman–Crippen LogP) is 3.76. The molecule has 4 aromatic rings. The highest BCUT2D eigenvalue weighted by atomic mass is 32.2. The number of ether oxygens (including phenoxy) is 1. The highest BCUT2D eigenvalue weighted by Gasteiger charge is 2.36. The Kier molecular flexibility index (Phi) is 8.90. The first-order chi connectivity index (χ1) is 21.0. The van der Waals surface area contributed by atoms with Crippen LogP contribution in [0.15, 0.2) is 78.2 Å². The zero-order valence-corrected chi connectivity index (χ0v) is 25.8. The van der Waals surface area contributed by atoms with Crippen molar-refractivity contribution in [3.8, 4) is 5.75 Å². The molecule has 2 heterocycles. The Balaban J connectivity index is 1.48. The van der Waals surface area contributed by atoms with Gasteiger partial charge >= 0.3 is 6.03 Å². The van der Waals surface area contributed by atoms with Crippen LogP contribution in [0.2, 0.25) is 0 Å². The average molecular weight is 621 g/mol. The number of imidazole rings is 1. The molecule has 232 valence electrons. The van der Waals surface area contributed by atoms with E-state index in [-0.39, 0.29) is 53.5 Å². The van der Waals surface area contributed by atoms with Crippen molar-refractivity contribution in [1.82, 2.24) is 18.8 Å². The van der Waals surface area contributed by atoms with Crippen molar-refractivity contribution in [2.24, 2.45) is 13.0 Å². The molecule has 0 saturated carbocycles. The fourth-order valence-corrected chi connectivity index (χ4v) is 6.35. The van der Waals surface area contributed by atoms with Gasteiger partial charge in [0.2, 0.25) is 0 Å². The Morgan fingerprint density at radius 2 is 1.80 bits per heavy atom. The number of aryl methyl sites for hydroxylation is 1. The maximum atomic E-state index is 13.8. The summed E-state index contributed by atoms with van der Waals surface area (Å²) in [4.78, 5) is 32.6. The third kappa shape index (κ3) is 6.25. The van der Waals surface area contributed by atoms with E-state index in [1.165, 1.54) is 23.9 Å². The maximum Gasteiger partial charge on any atom is 0.323 e. The Morgan fingerprint density at radius 3 is 2.52 bits per heavy atom. The van der Waals surface area contributed by atoms with Crippen molar-refractivity contribution < 1.29 is 27.9 Å². The average Bonchev–Trinajstić information content (AvgIpc) is 3.46. The van der Waals surface area contributed by atoms with Crippen LogP contribution in [0.1, 0.15) is 24.2 Å². The van der Waals surface area contributed by atoms with Crippen LogP contribution >= 0.6 is 0 Å². The van der Waals surface area contributed by atoms with Crippen LogP contribution in [0.5, 0.6) is 5.75 Å². The number of urea groups is 1. The molecule has 0 radical (unpaired) electrons. The van der Waals surface area contributed by atoms with Crippen LogP contribution in [-0.4, -0.2) is 83.1 Å². The molecule has 3 aromatic carbocycles. The van der Waals surface area contributed by atoms with Gasteiger partial charge in [0.25, 0.3) is 15.9 Å². The van der Waals surface area contributed by atoms with Gasteiger partial charge in [-0.25, -0.2) is 18.2 Å². The van der Waals surface area contributed by atoms with E-state index < -0.39 is 28.2 Å². The number of aromatic nitrogens is 2. The fraction of sp³-hybridized carbons (Fsp3) is 0.323. The molecule has 0 aliphatic carbocycles. The smallest absolute Gasteiger partial charge is 0.323 e. The SMILES string of the molecule is C[C@@H]1CN([C@@H](C)CO)C(=O)c2cccc(NC(=O)Nc3cccc4ccccc34)c2O[C@H]1CN(C)S(=O)(=O)c1cn(C)cn1. The molecule has 0 fully saturated rings. The summed E-state index contributed by atoms with van der Waals surface area (Å²) in [6, 6.07) is 17.0. The first-order valence-corrected chi connectivity index (χ1v) is 15.6. The van der Waals surface area contributed by atoms with Gasteiger partial charge < -0.3 is 29.9 Å². The summed E-state index contributed by atoms with van der Waals surface area (Å²) in [6.45, 7) is 3.47. The van der Waals surface area contributed by atoms with E-state index in [0.717, 1.165) is 10.8 Å². The molecule has 13 heteroatoms. The third-order valence-corrected chi connectivity index (χ3v) is 9.48. The topological polar surface area (TPSA) is 146 Å². The lowest BCUT2D eigenvalue weighted by atomic mass is 9.99. The minimum atomic E-state index is -3.95.